The molecule has 2 amide bonds. The van der Waals surface area contributed by atoms with Crippen molar-refractivity contribution in [2.45, 2.75) is 37.8 Å². The summed E-state index contributed by atoms with van der Waals surface area (Å²) < 4.78 is 10.7. The SMILES string of the molecule is O=C(NCC1COCCO1)NC1CCCC1. The van der Waals surface area contributed by atoms with Crippen LogP contribution in [0.2, 0.25) is 0 Å². The third-order valence-corrected chi connectivity index (χ3v) is 3.07. The number of amides is 2. The highest BCUT2D eigenvalue weighted by atomic mass is 16.6. The number of urea groups is 1. The Bertz CT molecular complexity index is 223. The summed E-state index contributed by atoms with van der Waals surface area (Å²) in [7, 11) is 0. The minimum absolute atomic E-state index is 0.00285. The Labute approximate surface area is 95.9 Å². The number of carbonyl (C=O) groups is 1. The van der Waals surface area contributed by atoms with Gasteiger partial charge in [-0.2, -0.15) is 0 Å². The maximum Gasteiger partial charge on any atom is 0.315 e. The van der Waals surface area contributed by atoms with Crippen LogP contribution in [0, 0.1) is 0 Å². The summed E-state index contributed by atoms with van der Waals surface area (Å²) in [5.74, 6) is 0. The molecule has 5 nitrogen and oxygen atoms in total. The molecule has 92 valence electrons. The molecule has 1 saturated carbocycles. The molecule has 2 aliphatic rings. The third-order valence-electron chi connectivity index (χ3n) is 3.07. The zero-order valence-corrected chi connectivity index (χ0v) is 9.54. The van der Waals surface area contributed by atoms with E-state index in [1.54, 1.807) is 0 Å². The van der Waals surface area contributed by atoms with E-state index >= 15 is 0 Å². The quantitative estimate of drug-likeness (QED) is 0.745. The lowest BCUT2D eigenvalue weighted by Crippen LogP contribution is -2.46. The molecule has 0 aromatic carbocycles. The fourth-order valence-corrected chi connectivity index (χ4v) is 2.17. The van der Waals surface area contributed by atoms with Gasteiger partial charge < -0.3 is 20.1 Å². The summed E-state index contributed by atoms with van der Waals surface area (Å²) in [6.07, 6.45) is 4.67. The zero-order valence-electron chi connectivity index (χ0n) is 9.54. The maximum atomic E-state index is 11.5. The fraction of sp³-hybridized carbons (Fsp3) is 0.909. The normalized spacial score (nSPS) is 26.6. The predicted molar refractivity (Wildman–Crippen MR) is 59.3 cm³/mol. The molecule has 2 rings (SSSR count). The highest BCUT2D eigenvalue weighted by molar-refractivity contribution is 5.74. The van der Waals surface area contributed by atoms with Gasteiger partial charge in [0.05, 0.1) is 25.9 Å². The average Bonchev–Trinajstić information content (AvgIpc) is 2.81. The second kappa shape index (κ2) is 6.06. The molecule has 2 fully saturated rings. The first-order valence-electron chi connectivity index (χ1n) is 6.08. The van der Waals surface area contributed by atoms with E-state index in [2.05, 4.69) is 10.6 Å². The van der Waals surface area contributed by atoms with E-state index in [9.17, 15) is 4.79 Å². The molecule has 1 aliphatic heterocycles. The molecule has 0 radical (unpaired) electrons. The largest absolute Gasteiger partial charge is 0.376 e. The van der Waals surface area contributed by atoms with Gasteiger partial charge in [0.15, 0.2) is 0 Å². The van der Waals surface area contributed by atoms with Gasteiger partial charge in [-0.1, -0.05) is 12.8 Å². The average molecular weight is 228 g/mol. The molecule has 5 heteroatoms. The van der Waals surface area contributed by atoms with Crippen molar-refractivity contribution < 1.29 is 14.3 Å². The van der Waals surface area contributed by atoms with Crippen molar-refractivity contribution in [3.05, 3.63) is 0 Å². The van der Waals surface area contributed by atoms with Gasteiger partial charge in [0.2, 0.25) is 0 Å². The third kappa shape index (κ3) is 3.64. The Balaban J connectivity index is 1.59. The van der Waals surface area contributed by atoms with E-state index < -0.39 is 0 Å². The molecule has 16 heavy (non-hydrogen) atoms. The maximum absolute atomic E-state index is 11.5. The van der Waals surface area contributed by atoms with Gasteiger partial charge in [0, 0.05) is 12.6 Å². The van der Waals surface area contributed by atoms with Gasteiger partial charge >= 0.3 is 6.03 Å². The van der Waals surface area contributed by atoms with Crippen molar-refractivity contribution >= 4 is 6.03 Å². The molecule has 0 spiro atoms. The highest BCUT2D eigenvalue weighted by Gasteiger charge is 2.18. The first-order chi connectivity index (χ1) is 7.84. The summed E-state index contributed by atoms with van der Waals surface area (Å²) in [5, 5.41) is 5.80. The molecule has 1 aliphatic carbocycles. The van der Waals surface area contributed by atoms with E-state index in [-0.39, 0.29) is 12.1 Å². The second-order valence-corrected chi connectivity index (χ2v) is 4.40. The zero-order chi connectivity index (χ0) is 11.2. The summed E-state index contributed by atoms with van der Waals surface area (Å²) in [6, 6.07) is 0.282. The van der Waals surface area contributed by atoms with Crippen LogP contribution in [-0.4, -0.2) is 44.5 Å². The molecule has 0 aromatic rings. The Morgan fingerprint density at radius 3 is 2.75 bits per heavy atom. The molecule has 1 saturated heterocycles. The topological polar surface area (TPSA) is 59.6 Å². The van der Waals surface area contributed by atoms with Crippen molar-refractivity contribution in [3.8, 4) is 0 Å². The molecule has 2 N–H and O–H groups in total. The number of ether oxygens (including phenoxy) is 2. The van der Waals surface area contributed by atoms with Crippen LogP contribution in [-0.2, 0) is 9.47 Å². The lowest BCUT2D eigenvalue weighted by molar-refractivity contribution is -0.0853. The van der Waals surface area contributed by atoms with Gasteiger partial charge in [0.25, 0.3) is 0 Å². The number of hydrogen-bond donors (Lipinski definition) is 2. The van der Waals surface area contributed by atoms with Gasteiger partial charge in [-0.3, -0.25) is 0 Å². The van der Waals surface area contributed by atoms with Crippen molar-refractivity contribution in [1.29, 1.82) is 0 Å². The van der Waals surface area contributed by atoms with E-state index in [4.69, 9.17) is 9.47 Å². The van der Waals surface area contributed by atoms with Crippen LogP contribution in [0.25, 0.3) is 0 Å². The molecule has 0 aromatic heterocycles. The summed E-state index contributed by atoms with van der Waals surface area (Å²) in [4.78, 5) is 11.5. The van der Waals surface area contributed by atoms with E-state index in [1.807, 2.05) is 0 Å². The molecule has 1 atom stereocenters. The van der Waals surface area contributed by atoms with Gasteiger partial charge in [-0.25, -0.2) is 4.79 Å². The second-order valence-electron chi connectivity index (χ2n) is 4.40. The minimum Gasteiger partial charge on any atom is -0.376 e. The summed E-state index contributed by atoms with van der Waals surface area (Å²) in [6.45, 7) is 2.38. The molecule has 1 unspecified atom stereocenters. The summed E-state index contributed by atoms with van der Waals surface area (Å²) in [5.41, 5.74) is 0. The van der Waals surface area contributed by atoms with Crippen molar-refractivity contribution in [2.75, 3.05) is 26.4 Å². The van der Waals surface area contributed by atoms with Crippen LogP contribution in [0.5, 0.6) is 0 Å². The standard InChI is InChI=1S/C11H20N2O3/c14-11(13-9-3-1-2-4-9)12-7-10-8-15-5-6-16-10/h9-10H,1-8H2,(H2,12,13,14). The Morgan fingerprint density at radius 2 is 2.06 bits per heavy atom. The van der Waals surface area contributed by atoms with Gasteiger partial charge in [0.1, 0.15) is 0 Å². The smallest absolute Gasteiger partial charge is 0.315 e. The van der Waals surface area contributed by atoms with Crippen LogP contribution in [0.3, 0.4) is 0 Å². The lowest BCUT2D eigenvalue weighted by Gasteiger charge is -2.23. The van der Waals surface area contributed by atoms with Crippen LogP contribution in [0.4, 0.5) is 4.79 Å². The molecular weight excluding hydrogens is 208 g/mol. The van der Waals surface area contributed by atoms with Crippen LogP contribution in [0.1, 0.15) is 25.7 Å². The van der Waals surface area contributed by atoms with Crippen LogP contribution < -0.4 is 10.6 Å². The first-order valence-corrected chi connectivity index (χ1v) is 6.08. The van der Waals surface area contributed by atoms with Crippen LogP contribution in [0.15, 0.2) is 0 Å². The van der Waals surface area contributed by atoms with E-state index in [0.717, 1.165) is 12.8 Å². The summed E-state index contributed by atoms with van der Waals surface area (Å²) >= 11 is 0. The van der Waals surface area contributed by atoms with E-state index in [0.29, 0.717) is 32.4 Å². The van der Waals surface area contributed by atoms with E-state index in [1.165, 1.54) is 12.8 Å². The lowest BCUT2D eigenvalue weighted by atomic mass is 10.2. The first kappa shape index (κ1) is 11.7. The predicted octanol–water partition coefficient (Wildman–Crippen LogP) is 0.644. The minimum atomic E-state index is -0.0823. The highest BCUT2D eigenvalue weighted by Crippen LogP contribution is 2.17. The Kier molecular flexibility index (Phi) is 4.42. The van der Waals surface area contributed by atoms with Gasteiger partial charge in [-0.15, -0.1) is 0 Å². The molecule has 0 bridgehead atoms. The number of rotatable bonds is 3. The Morgan fingerprint density at radius 1 is 1.25 bits per heavy atom. The monoisotopic (exact) mass is 228 g/mol. The van der Waals surface area contributed by atoms with Gasteiger partial charge in [-0.05, 0) is 12.8 Å². The van der Waals surface area contributed by atoms with Crippen molar-refractivity contribution in [3.63, 3.8) is 0 Å². The van der Waals surface area contributed by atoms with Crippen molar-refractivity contribution in [2.24, 2.45) is 0 Å². The van der Waals surface area contributed by atoms with Crippen LogP contribution >= 0.6 is 0 Å². The molecular formula is C11H20N2O3. The van der Waals surface area contributed by atoms with Crippen molar-refractivity contribution in [1.82, 2.24) is 10.6 Å². The number of carbonyl (C=O) groups excluding carboxylic acids is 1. The Hall–Kier alpha value is -0.810. The molecule has 1 heterocycles. The number of hydrogen-bond acceptors (Lipinski definition) is 3. The fourth-order valence-electron chi connectivity index (χ4n) is 2.17. The number of nitrogens with one attached hydrogen (secondary N) is 2.